The summed E-state index contributed by atoms with van der Waals surface area (Å²) < 4.78 is 5.97. The molecule has 0 radical (unpaired) electrons. The molecule has 4 heteroatoms. The Balaban J connectivity index is 2.26. The molecule has 2 bridgehead atoms. The van der Waals surface area contributed by atoms with Crippen LogP contribution in [0, 0.1) is 22.2 Å². The fourth-order valence-corrected chi connectivity index (χ4v) is 4.06. The molecule has 0 N–H and O–H groups in total. The summed E-state index contributed by atoms with van der Waals surface area (Å²) in [4.78, 5) is 23.1. The molecule has 4 nitrogen and oxygen atoms in total. The first kappa shape index (κ1) is 17.3. The van der Waals surface area contributed by atoms with Gasteiger partial charge in [0.25, 0.3) is 0 Å². The molecule has 0 aliphatic heterocycles. The van der Waals surface area contributed by atoms with Gasteiger partial charge in [-0.3, -0.25) is 4.79 Å². The van der Waals surface area contributed by atoms with Gasteiger partial charge in [-0.25, -0.2) is 0 Å². The second-order valence-corrected chi connectivity index (χ2v) is 8.17. The molecule has 0 saturated heterocycles. The van der Waals surface area contributed by atoms with Gasteiger partial charge in [0, 0.05) is 5.41 Å². The van der Waals surface area contributed by atoms with Gasteiger partial charge in [0.1, 0.15) is 18.5 Å². The summed E-state index contributed by atoms with van der Waals surface area (Å²) >= 11 is 0. The van der Waals surface area contributed by atoms with Crippen molar-refractivity contribution in [2.24, 2.45) is 22.2 Å². The van der Waals surface area contributed by atoms with E-state index in [1.54, 1.807) is 0 Å². The van der Waals surface area contributed by atoms with Crippen LogP contribution in [0.4, 0.5) is 0 Å². The molecule has 0 aromatic rings. The van der Waals surface area contributed by atoms with E-state index in [9.17, 15) is 4.79 Å². The Morgan fingerprint density at radius 1 is 1.36 bits per heavy atom. The lowest BCUT2D eigenvalue weighted by molar-refractivity contribution is -0.313. The van der Waals surface area contributed by atoms with E-state index in [0.29, 0.717) is 5.92 Å². The van der Waals surface area contributed by atoms with Crippen LogP contribution in [0.5, 0.6) is 0 Å². The second-order valence-electron chi connectivity index (χ2n) is 8.17. The molecule has 2 aliphatic carbocycles. The van der Waals surface area contributed by atoms with Crippen molar-refractivity contribution in [1.82, 2.24) is 0 Å². The van der Waals surface area contributed by atoms with Gasteiger partial charge in [-0.05, 0) is 44.4 Å². The maximum Gasteiger partial charge on any atom is 0.311 e. The lowest BCUT2D eigenvalue weighted by Crippen LogP contribution is -2.46. The minimum atomic E-state index is -0.480. The van der Waals surface area contributed by atoms with Crippen molar-refractivity contribution in [3.05, 3.63) is 12.8 Å². The molecule has 2 rings (SSSR count). The van der Waals surface area contributed by atoms with Gasteiger partial charge in [0.05, 0.1) is 5.41 Å². The summed E-state index contributed by atoms with van der Waals surface area (Å²) in [6, 6.07) is 0. The van der Waals surface area contributed by atoms with Crippen LogP contribution >= 0.6 is 0 Å². The van der Waals surface area contributed by atoms with E-state index in [2.05, 4.69) is 27.4 Å². The van der Waals surface area contributed by atoms with Crippen molar-refractivity contribution in [3.8, 4) is 0 Å². The predicted molar refractivity (Wildman–Crippen MR) is 84.7 cm³/mol. The van der Waals surface area contributed by atoms with Crippen LogP contribution in [-0.4, -0.2) is 18.2 Å². The molecule has 0 amide bonds. The quantitative estimate of drug-likeness (QED) is 0.318. The average Bonchev–Trinajstić information content (AvgIpc) is 2.77. The monoisotopic (exact) mass is 310 g/mol. The summed E-state index contributed by atoms with van der Waals surface area (Å²) in [5.41, 5.74) is -0.526. The fourth-order valence-electron chi connectivity index (χ4n) is 4.06. The molecule has 4 atom stereocenters. The zero-order valence-corrected chi connectivity index (χ0v) is 14.8. The van der Waals surface area contributed by atoms with Gasteiger partial charge in [-0.1, -0.05) is 34.3 Å². The summed E-state index contributed by atoms with van der Waals surface area (Å²) in [7, 11) is 0. The van der Waals surface area contributed by atoms with Gasteiger partial charge in [0.15, 0.2) is 0 Å². The van der Waals surface area contributed by atoms with E-state index >= 15 is 0 Å². The third-order valence-electron chi connectivity index (χ3n) is 6.60. The lowest BCUT2D eigenvalue weighted by Gasteiger charge is -2.40. The van der Waals surface area contributed by atoms with E-state index in [0.717, 1.165) is 19.3 Å². The van der Waals surface area contributed by atoms with Gasteiger partial charge >= 0.3 is 5.97 Å². The minimum Gasteiger partial charge on any atom is -0.458 e. The maximum absolute atomic E-state index is 12.6. The van der Waals surface area contributed by atoms with E-state index in [4.69, 9.17) is 14.5 Å². The molecule has 2 aliphatic rings. The summed E-state index contributed by atoms with van der Waals surface area (Å²) in [6.45, 7) is 16.1. The van der Waals surface area contributed by atoms with Gasteiger partial charge in [-0.15, -0.1) is 0 Å². The Labute approximate surface area is 134 Å². The van der Waals surface area contributed by atoms with Crippen molar-refractivity contribution in [1.29, 1.82) is 0 Å². The largest absolute Gasteiger partial charge is 0.458 e. The van der Waals surface area contributed by atoms with Crippen LogP contribution < -0.4 is 0 Å². The Hall–Kier alpha value is -1.03. The summed E-state index contributed by atoms with van der Waals surface area (Å²) in [5.74, 6) is 0.164. The highest BCUT2D eigenvalue weighted by Crippen LogP contribution is 2.67. The third kappa shape index (κ3) is 2.36. The van der Waals surface area contributed by atoms with Crippen LogP contribution in [0.15, 0.2) is 12.8 Å². The van der Waals surface area contributed by atoms with Crippen LogP contribution in [0.1, 0.15) is 60.8 Å². The fraction of sp³-hybridized carbons (Fsp3) is 0.833. The SMILES string of the molecule is C=COOC1C2CCC(C)(C1OC(=O)C(C)(C)CC)C2(C)C. The van der Waals surface area contributed by atoms with Crippen LogP contribution in [-0.2, 0) is 19.3 Å². The van der Waals surface area contributed by atoms with Crippen molar-refractivity contribution < 1.29 is 19.3 Å². The number of carbonyl (C=O) groups excluding carboxylic acids is 1. The van der Waals surface area contributed by atoms with E-state index < -0.39 is 5.41 Å². The number of hydrogen-bond acceptors (Lipinski definition) is 4. The molecular formula is C18H30O4. The third-order valence-corrected chi connectivity index (χ3v) is 6.60. The molecule has 0 aromatic heterocycles. The number of ether oxygens (including phenoxy) is 1. The molecule has 2 saturated carbocycles. The summed E-state index contributed by atoms with van der Waals surface area (Å²) in [5, 5.41) is 0. The van der Waals surface area contributed by atoms with Crippen molar-refractivity contribution >= 4 is 5.97 Å². The molecule has 126 valence electrons. The van der Waals surface area contributed by atoms with Crippen LogP contribution in [0.3, 0.4) is 0 Å². The highest BCUT2D eigenvalue weighted by atomic mass is 17.2. The smallest absolute Gasteiger partial charge is 0.311 e. The minimum absolute atomic E-state index is 0.0451. The average molecular weight is 310 g/mol. The molecule has 0 spiro atoms. The Morgan fingerprint density at radius 2 is 2.00 bits per heavy atom. The molecule has 22 heavy (non-hydrogen) atoms. The first-order chi connectivity index (χ1) is 10.1. The van der Waals surface area contributed by atoms with E-state index in [-0.39, 0.29) is 29.0 Å². The van der Waals surface area contributed by atoms with Gasteiger partial charge in [0.2, 0.25) is 0 Å². The van der Waals surface area contributed by atoms with Crippen molar-refractivity contribution in [2.75, 3.05) is 0 Å². The number of hydrogen-bond donors (Lipinski definition) is 0. The highest BCUT2D eigenvalue weighted by Gasteiger charge is 2.69. The van der Waals surface area contributed by atoms with Crippen molar-refractivity contribution in [2.45, 2.75) is 73.0 Å². The Kier molecular flexibility index (Phi) is 4.37. The van der Waals surface area contributed by atoms with Gasteiger partial charge < -0.3 is 9.62 Å². The molecule has 0 heterocycles. The number of rotatable bonds is 6. The number of fused-ring (bicyclic) bond motifs is 2. The molecular weight excluding hydrogens is 280 g/mol. The van der Waals surface area contributed by atoms with E-state index in [1.807, 2.05) is 20.8 Å². The zero-order chi connectivity index (χ0) is 16.8. The topological polar surface area (TPSA) is 44.8 Å². The molecule has 2 fully saturated rings. The first-order valence-electron chi connectivity index (χ1n) is 8.26. The normalized spacial score (nSPS) is 36.2. The maximum atomic E-state index is 12.6. The lowest BCUT2D eigenvalue weighted by atomic mass is 9.70. The second kappa shape index (κ2) is 5.55. The molecule has 0 aromatic carbocycles. The molecule has 4 unspecified atom stereocenters. The Morgan fingerprint density at radius 3 is 2.55 bits per heavy atom. The Bertz CT molecular complexity index is 454. The van der Waals surface area contributed by atoms with Crippen LogP contribution in [0.25, 0.3) is 0 Å². The first-order valence-corrected chi connectivity index (χ1v) is 8.26. The zero-order valence-electron chi connectivity index (χ0n) is 14.8. The highest BCUT2D eigenvalue weighted by molar-refractivity contribution is 5.76. The summed E-state index contributed by atoms with van der Waals surface area (Å²) in [6.07, 6.45) is 3.62. The standard InChI is InChI=1S/C18H30O4/c1-8-16(3,4)15(19)21-14-13(22-20-9-2)12-10-11-18(14,7)17(12,5)6/h9,12-14H,2,8,10-11H2,1,3-7H3. The number of esters is 1. The van der Waals surface area contributed by atoms with Crippen molar-refractivity contribution in [3.63, 3.8) is 0 Å². The predicted octanol–water partition coefficient (Wildman–Crippen LogP) is 4.25. The van der Waals surface area contributed by atoms with Crippen LogP contribution in [0.2, 0.25) is 0 Å². The van der Waals surface area contributed by atoms with E-state index in [1.165, 1.54) is 6.26 Å². The van der Waals surface area contributed by atoms with Gasteiger partial charge in [-0.2, -0.15) is 4.89 Å². The number of carbonyl (C=O) groups is 1.